The largest absolute Gasteiger partial charge is 0.392 e. The van der Waals surface area contributed by atoms with Crippen LogP contribution in [0.1, 0.15) is 12.6 Å². The number of hydrogen-bond acceptors (Lipinski definition) is 4. The van der Waals surface area contributed by atoms with E-state index in [0.29, 0.717) is 10.8 Å². The van der Waals surface area contributed by atoms with Crippen LogP contribution in [-0.2, 0) is 4.79 Å². The third-order valence-electron chi connectivity index (χ3n) is 2.22. The first-order chi connectivity index (χ1) is 8.58. The van der Waals surface area contributed by atoms with Gasteiger partial charge in [-0.2, -0.15) is 0 Å². The van der Waals surface area contributed by atoms with Crippen LogP contribution in [0.3, 0.4) is 0 Å². The van der Waals surface area contributed by atoms with E-state index in [1.54, 1.807) is 13.0 Å². The Balaban J connectivity index is 2.10. The number of nitrogens with zero attached hydrogens (tertiary/aromatic N) is 2. The van der Waals surface area contributed by atoms with E-state index in [2.05, 4.69) is 10.3 Å². The molecule has 0 aromatic carbocycles. The van der Waals surface area contributed by atoms with Crippen LogP contribution < -0.4 is 5.32 Å². The van der Waals surface area contributed by atoms with Crippen LogP contribution >= 0.6 is 22.9 Å². The number of rotatable bonds is 4. The molecule has 1 atom stereocenters. The van der Waals surface area contributed by atoms with Crippen LogP contribution in [0.15, 0.2) is 17.7 Å². The molecule has 0 saturated heterocycles. The molecule has 2 aromatic rings. The molecule has 1 amide bonds. The summed E-state index contributed by atoms with van der Waals surface area (Å²) in [6.45, 7) is 1.82. The first kappa shape index (κ1) is 13.1. The van der Waals surface area contributed by atoms with E-state index >= 15 is 0 Å². The summed E-state index contributed by atoms with van der Waals surface area (Å²) in [4.78, 5) is 16.4. The Hall–Kier alpha value is -1.37. The Morgan fingerprint density at radius 3 is 3.28 bits per heavy atom. The van der Waals surface area contributed by atoms with E-state index in [9.17, 15) is 4.79 Å². The van der Waals surface area contributed by atoms with E-state index in [4.69, 9.17) is 16.7 Å². The summed E-state index contributed by atoms with van der Waals surface area (Å²) >= 11 is 7.44. The van der Waals surface area contributed by atoms with Crippen LogP contribution in [0.4, 0.5) is 0 Å². The van der Waals surface area contributed by atoms with Gasteiger partial charge >= 0.3 is 0 Å². The fraction of sp³-hybridized carbons (Fsp3) is 0.273. The maximum absolute atomic E-state index is 11.4. The van der Waals surface area contributed by atoms with Crippen molar-refractivity contribution in [3.05, 3.63) is 28.5 Å². The molecule has 0 aliphatic carbocycles. The molecule has 2 rings (SSSR count). The van der Waals surface area contributed by atoms with Crippen molar-refractivity contribution in [2.75, 3.05) is 6.54 Å². The van der Waals surface area contributed by atoms with Crippen molar-refractivity contribution in [1.82, 2.24) is 14.7 Å². The normalized spacial score (nSPS) is 13.3. The van der Waals surface area contributed by atoms with E-state index in [1.807, 2.05) is 16.0 Å². The maximum Gasteiger partial charge on any atom is 0.244 e. The van der Waals surface area contributed by atoms with Gasteiger partial charge in [-0.25, -0.2) is 4.98 Å². The summed E-state index contributed by atoms with van der Waals surface area (Å²) in [6.07, 6.45) is 4.25. The van der Waals surface area contributed by atoms with Crippen LogP contribution in [0.25, 0.3) is 11.0 Å². The van der Waals surface area contributed by atoms with Crippen LogP contribution in [-0.4, -0.2) is 33.0 Å². The van der Waals surface area contributed by atoms with Crippen molar-refractivity contribution in [1.29, 1.82) is 0 Å². The Morgan fingerprint density at radius 2 is 2.56 bits per heavy atom. The van der Waals surface area contributed by atoms with E-state index < -0.39 is 6.10 Å². The minimum Gasteiger partial charge on any atom is -0.392 e. The molecule has 2 aromatic heterocycles. The Morgan fingerprint density at radius 1 is 1.78 bits per heavy atom. The minimum atomic E-state index is -0.565. The highest BCUT2D eigenvalue weighted by Crippen LogP contribution is 2.22. The predicted octanol–water partition coefficient (Wildman–Crippen LogP) is 1.56. The van der Waals surface area contributed by atoms with Crippen molar-refractivity contribution in [2.45, 2.75) is 13.0 Å². The molecule has 5 nitrogen and oxygen atoms in total. The molecule has 2 N–H and O–H groups in total. The van der Waals surface area contributed by atoms with Gasteiger partial charge in [-0.05, 0) is 13.0 Å². The minimum absolute atomic E-state index is 0.219. The lowest BCUT2D eigenvalue weighted by Gasteiger charge is -2.03. The van der Waals surface area contributed by atoms with Gasteiger partial charge in [0.05, 0.1) is 11.8 Å². The number of aliphatic hydroxyl groups excluding tert-OH is 1. The van der Waals surface area contributed by atoms with E-state index in [1.165, 1.54) is 17.4 Å². The van der Waals surface area contributed by atoms with Gasteiger partial charge in [-0.3, -0.25) is 9.20 Å². The van der Waals surface area contributed by atoms with Crippen molar-refractivity contribution in [3.8, 4) is 0 Å². The second kappa shape index (κ2) is 5.51. The van der Waals surface area contributed by atoms with Crippen molar-refractivity contribution in [3.63, 3.8) is 0 Å². The summed E-state index contributed by atoms with van der Waals surface area (Å²) in [7, 11) is 0. The van der Waals surface area contributed by atoms with E-state index in [-0.39, 0.29) is 12.5 Å². The number of carbonyl (C=O) groups is 1. The number of aromatic nitrogens is 2. The molecule has 18 heavy (non-hydrogen) atoms. The number of aliphatic hydroxyl groups is 1. The lowest BCUT2D eigenvalue weighted by Crippen LogP contribution is -2.28. The third-order valence-corrected chi connectivity index (χ3v) is 3.25. The molecule has 0 bridgehead atoms. The molecule has 96 valence electrons. The molecule has 0 unspecified atom stereocenters. The molecule has 0 aliphatic rings. The third kappa shape index (κ3) is 2.90. The van der Waals surface area contributed by atoms with Gasteiger partial charge in [0.2, 0.25) is 5.91 Å². The van der Waals surface area contributed by atoms with Gasteiger partial charge in [0.15, 0.2) is 10.1 Å². The number of amides is 1. The average Bonchev–Trinajstić information content (AvgIpc) is 2.84. The maximum atomic E-state index is 11.4. The van der Waals surface area contributed by atoms with Crippen LogP contribution in [0.2, 0.25) is 5.15 Å². The fourth-order valence-corrected chi connectivity index (χ4v) is 2.39. The first-order valence-electron chi connectivity index (χ1n) is 5.33. The number of imidazole rings is 1. The second-order valence-electron chi connectivity index (χ2n) is 3.77. The molecule has 0 aliphatic heterocycles. The predicted molar refractivity (Wildman–Crippen MR) is 71.8 cm³/mol. The topological polar surface area (TPSA) is 66.6 Å². The SMILES string of the molecule is C[C@@H](O)CNC(=O)/C=C/c1c(Cl)nc2sccn12. The number of nitrogens with one attached hydrogen (secondary N) is 1. The summed E-state index contributed by atoms with van der Waals surface area (Å²) in [5, 5.41) is 13.9. The van der Waals surface area contributed by atoms with Gasteiger partial charge in [0.25, 0.3) is 0 Å². The number of halogens is 1. The average molecular weight is 286 g/mol. The smallest absolute Gasteiger partial charge is 0.244 e. The number of carbonyl (C=O) groups excluding carboxylic acids is 1. The summed E-state index contributed by atoms with van der Waals surface area (Å²) in [5.74, 6) is -0.280. The molecular formula is C11H12ClN3O2S. The molecule has 0 fully saturated rings. The zero-order chi connectivity index (χ0) is 13.1. The zero-order valence-electron chi connectivity index (χ0n) is 9.63. The zero-order valence-corrected chi connectivity index (χ0v) is 11.2. The van der Waals surface area contributed by atoms with Crippen LogP contribution in [0.5, 0.6) is 0 Å². The summed E-state index contributed by atoms with van der Waals surface area (Å²) in [5.41, 5.74) is 0.667. The highest BCUT2D eigenvalue weighted by molar-refractivity contribution is 7.15. The first-order valence-corrected chi connectivity index (χ1v) is 6.58. The van der Waals surface area contributed by atoms with Crippen molar-refractivity contribution >= 4 is 39.9 Å². The Labute approximate surface area is 113 Å². The number of fused-ring (bicyclic) bond motifs is 1. The number of hydrogen-bond donors (Lipinski definition) is 2. The van der Waals surface area contributed by atoms with Gasteiger partial charge in [0, 0.05) is 24.2 Å². The van der Waals surface area contributed by atoms with Gasteiger partial charge in [-0.1, -0.05) is 11.6 Å². The van der Waals surface area contributed by atoms with Crippen molar-refractivity contribution < 1.29 is 9.90 Å². The molecule has 2 heterocycles. The van der Waals surface area contributed by atoms with Crippen LogP contribution in [0, 0.1) is 0 Å². The fourth-order valence-electron chi connectivity index (χ4n) is 1.39. The molecule has 7 heteroatoms. The lowest BCUT2D eigenvalue weighted by molar-refractivity contribution is -0.116. The second-order valence-corrected chi connectivity index (χ2v) is 5.00. The van der Waals surface area contributed by atoms with Gasteiger partial charge in [-0.15, -0.1) is 11.3 Å². The standard InChI is InChI=1S/C11H12ClN3O2S/c1-7(16)6-13-9(17)3-2-8-10(12)14-11-15(8)4-5-18-11/h2-5,7,16H,6H2,1H3,(H,13,17)/b3-2+/t7-/m1/s1. The van der Waals surface area contributed by atoms with Gasteiger partial charge in [0.1, 0.15) is 0 Å². The van der Waals surface area contributed by atoms with E-state index in [0.717, 1.165) is 4.96 Å². The van der Waals surface area contributed by atoms with Crippen molar-refractivity contribution in [2.24, 2.45) is 0 Å². The van der Waals surface area contributed by atoms with Gasteiger partial charge < -0.3 is 10.4 Å². The molecular weight excluding hydrogens is 274 g/mol. The monoisotopic (exact) mass is 285 g/mol. The highest BCUT2D eigenvalue weighted by Gasteiger charge is 2.08. The number of thiazole rings is 1. The molecule has 0 saturated carbocycles. The highest BCUT2D eigenvalue weighted by atomic mass is 35.5. The molecule has 0 radical (unpaired) electrons. The Kier molecular flexibility index (Phi) is 4.00. The molecule has 0 spiro atoms. The quantitative estimate of drug-likeness (QED) is 0.838. The Bertz CT molecular complexity index is 588. The summed E-state index contributed by atoms with van der Waals surface area (Å²) < 4.78 is 1.81. The summed E-state index contributed by atoms with van der Waals surface area (Å²) in [6, 6.07) is 0. The lowest BCUT2D eigenvalue weighted by atomic mass is 10.3.